The van der Waals surface area contributed by atoms with Crippen molar-refractivity contribution >= 4 is 5.97 Å². The molecule has 1 fully saturated rings. The van der Waals surface area contributed by atoms with Crippen LogP contribution in [0, 0.1) is 5.92 Å². The van der Waals surface area contributed by atoms with Crippen LogP contribution in [0.5, 0.6) is 0 Å². The van der Waals surface area contributed by atoms with Crippen molar-refractivity contribution in [3.63, 3.8) is 0 Å². The zero-order valence-electron chi connectivity index (χ0n) is 12.5. The van der Waals surface area contributed by atoms with E-state index in [1.807, 2.05) is 25.1 Å². The summed E-state index contributed by atoms with van der Waals surface area (Å²) in [6, 6.07) is 8.99. The van der Waals surface area contributed by atoms with Crippen LogP contribution in [0.4, 0.5) is 0 Å². The first-order valence-corrected chi connectivity index (χ1v) is 7.56. The molecule has 3 atom stereocenters. The molecule has 1 aliphatic carbocycles. The van der Waals surface area contributed by atoms with Gasteiger partial charge in [-0.1, -0.05) is 25.1 Å². The van der Waals surface area contributed by atoms with Crippen molar-refractivity contribution in [2.24, 2.45) is 5.92 Å². The Hall–Kier alpha value is -2.14. The molecular weight excluding hydrogens is 280 g/mol. The molecule has 1 aromatic carbocycles. The molecule has 0 aliphatic heterocycles. The van der Waals surface area contributed by atoms with E-state index < -0.39 is 5.60 Å². The number of aromatic amines is 1. The van der Waals surface area contributed by atoms with Gasteiger partial charge < -0.3 is 14.8 Å². The molecule has 22 heavy (non-hydrogen) atoms. The Morgan fingerprint density at radius 2 is 2.18 bits per heavy atom. The molecule has 2 N–H and O–H groups in total. The second-order valence-electron chi connectivity index (χ2n) is 6.03. The van der Waals surface area contributed by atoms with Gasteiger partial charge in [0.2, 0.25) is 0 Å². The van der Waals surface area contributed by atoms with Crippen LogP contribution < -0.4 is 0 Å². The summed E-state index contributed by atoms with van der Waals surface area (Å²) in [5.74, 6) is -0.223. The zero-order chi connectivity index (χ0) is 15.6. The number of hydrogen-bond donors (Lipinski definition) is 2. The van der Waals surface area contributed by atoms with Crippen LogP contribution in [0.2, 0.25) is 0 Å². The van der Waals surface area contributed by atoms with Crippen molar-refractivity contribution in [3.05, 3.63) is 54.1 Å². The second-order valence-corrected chi connectivity index (χ2v) is 6.03. The average molecular weight is 300 g/mol. The summed E-state index contributed by atoms with van der Waals surface area (Å²) in [5.41, 5.74) is 0.377. The van der Waals surface area contributed by atoms with E-state index in [0.717, 1.165) is 5.69 Å². The summed E-state index contributed by atoms with van der Waals surface area (Å²) in [6.07, 6.45) is 4.78. The molecule has 0 amide bonds. The molecule has 0 spiro atoms. The van der Waals surface area contributed by atoms with E-state index in [1.165, 1.54) is 0 Å². The Balaban J connectivity index is 1.65. The van der Waals surface area contributed by atoms with E-state index in [-0.39, 0.29) is 18.0 Å². The maximum absolute atomic E-state index is 12.1. The molecule has 1 aliphatic rings. The molecule has 0 radical (unpaired) electrons. The van der Waals surface area contributed by atoms with E-state index in [2.05, 4.69) is 9.97 Å². The monoisotopic (exact) mass is 300 g/mol. The van der Waals surface area contributed by atoms with E-state index in [9.17, 15) is 9.90 Å². The lowest BCUT2D eigenvalue weighted by Crippen LogP contribution is -2.40. The SMILES string of the molecule is C[C@@H]1CC(O)(c2cnc[nH]2)CC[C@H]1OC(=O)c1ccccc1. The molecule has 116 valence electrons. The van der Waals surface area contributed by atoms with Crippen molar-refractivity contribution in [1.29, 1.82) is 0 Å². The number of rotatable bonds is 3. The Bertz CT molecular complexity index is 627. The highest BCUT2D eigenvalue weighted by Gasteiger charge is 2.41. The number of hydrogen-bond acceptors (Lipinski definition) is 4. The van der Waals surface area contributed by atoms with Crippen molar-refractivity contribution in [1.82, 2.24) is 9.97 Å². The van der Waals surface area contributed by atoms with Gasteiger partial charge in [-0.3, -0.25) is 0 Å². The Morgan fingerprint density at radius 1 is 1.41 bits per heavy atom. The van der Waals surface area contributed by atoms with E-state index in [4.69, 9.17) is 4.74 Å². The predicted octanol–water partition coefficient (Wildman–Crippen LogP) is 2.64. The number of nitrogens with one attached hydrogen (secondary N) is 1. The lowest BCUT2D eigenvalue weighted by atomic mass is 9.75. The molecular formula is C17H20N2O3. The summed E-state index contributed by atoms with van der Waals surface area (Å²) >= 11 is 0. The summed E-state index contributed by atoms with van der Waals surface area (Å²) in [4.78, 5) is 19.1. The lowest BCUT2D eigenvalue weighted by molar-refractivity contribution is -0.0739. The highest BCUT2D eigenvalue weighted by molar-refractivity contribution is 5.89. The van der Waals surface area contributed by atoms with E-state index in [1.54, 1.807) is 24.7 Å². The van der Waals surface area contributed by atoms with Crippen LogP contribution >= 0.6 is 0 Å². The van der Waals surface area contributed by atoms with Gasteiger partial charge in [-0.15, -0.1) is 0 Å². The highest BCUT2D eigenvalue weighted by Crippen LogP contribution is 2.40. The van der Waals surface area contributed by atoms with Crippen LogP contribution in [0.25, 0.3) is 0 Å². The minimum Gasteiger partial charge on any atom is -0.458 e. The van der Waals surface area contributed by atoms with Crippen LogP contribution in [0.3, 0.4) is 0 Å². The lowest BCUT2D eigenvalue weighted by Gasteiger charge is -2.39. The summed E-state index contributed by atoms with van der Waals surface area (Å²) in [6.45, 7) is 2.00. The maximum Gasteiger partial charge on any atom is 0.338 e. The maximum atomic E-state index is 12.1. The molecule has 3 rings (SSSR count). The number of imidazole rings is 1. The van der Waals surface area contributed by atoms with Crippen LogP contribution in [-0.2, 0) is 10.3 Å². The van der Waals surface area contributed by atoms with Crippen molar-refractivity contribution in [2.75, 3.05) is 0 Å². The zero-order valence-corrected chi connectivity index (χ0v) is 12.5. The number of esters is 1. The van der Waals surface area contributed by atoms with Gasteiger partial charge in [-0.05, 0) is 37.3 Å². The van der Waals surface area contributed by atoms with Gasteiger partial charge in [-0.25, -0.2) is 9.78 Å². The molecule has 5 nitrogen and oxygen atoms in total. The van der Waals surface area contributed by atoms with Gasteiger partial charge in [0.15, 0.2) is 0 Å². The average Bonchev–Trinajstić information content (AvgIpc) is 3.06. The third-order valence-electron chi connectivity index (χ3n) is 4.40. The van der Waals surface area contributed by atoms with Gasteiger partial charge in [0.25, 0.3) is 0 Å². The third-order valence-corrected chi connectivity index (χ3v) is 4.40. The first-order valence-electron chi connectivity index (χ1n) is 7.56. The molecule has 0 bridgehead atoms. The first-order chi connectivity index (χ1) is 10.6. The normalized spacial score (nSPS) is 28.3. The van der Waals surface area contributed by atoms with Crippen LogP contribution in [-0.4, -0.2) is 27.1 Å². The van der Waals surface area contributed by atoms with Crippen LogP contribution in [0.15, 0.2) is 42.9 Å². The molecule has 1 unspecified atom stereocenters. The number of aromatic nitrogens is 2. The van der Waals surface area contributed by atoms with E-state index >= 15 is 0 Å². The Labute approximate surface area is 129 Å². The number of ether oxygens (including phenoxy) is 1. The number of carbonyl (C=O) groups is 1. The molecule has 1 heterocycles. The largest absolute Gasteiger partial charge is 0.458 e. The molecule has 0 saturated heterocycles. The van der Waals surface area contributed by atoms with Gasteiger partial charge in [0, 0.05) is 0 Å². The summed E-state index contributed by atoms with van der Waals surface area (Å²) in [7, 11) is 0. The standard InChI is InChI=1S/C17H20N2O3/c1-12-9-17(21,15-10-18-11-19-15)8-7-14(12)22-16(20)13-5-3-2-4-6-13/h2-6,10-12,14,21H,7-9H2,1H3,(H,18,19)/t12-,14-,17?/m1/s1. The van der Waals surface area contributed by atoms with Crippen LogP contribution in [0.1, 0.15) is 42.2 Å². The number of benzene rings is 1. The van der Waals surface area contributed by atoms with Crippen molar-refractivity contribution in [2.45, 2.75) is 37.9 Å². The number of carbonyl (C=O) groups excluding carboxylic acids is 1. The van der Waals surface area contributed by atoms with Crippen molar-refractivity contribution in [3.8, 4) is 0 Å². The molecule has 1 saturated carbocycles. The smallest absolute Gasteiger partial charge is 0.338 e. The number of nitrogens with zero attached hydrogens (tertiary/aromatic N) is 1. The third kappa shape index (κ3) is 2.90. The molecule has 1 aromatic heterocycles. The van der Waals surface area contributed by atoms with Gasteiger partial charge >= 0.3 is 5.97 Å². The minimum absolute atomic E-state index is 0.0784. The Morgan fingerprint density at radius 3 is 2.82 bits per heavy atom. The van der Waals surface area contributed by atoms with Crippen molar-refractivity contribution < 1.29 is 14.6 Å². The van der Waals surface area contributed by atoms with Gasteiger partial charge in [0.1, 0.15) is 11.7 Å². The van der Waals surface area contributed by atoms with Gasteiger partial charge in [-0.2, -0.15) is 0 Å². The summed E-state index contributed by atoms with van der Waals surface area (Å²) in [5, 5.41) is 10.8. The highest BCUT2D eigenvalue weighted by atomic mass is 16.5. The topological polar surface area (TPSA) is 75.2 Å². The number of H-pyrrole nitrogens is 1. The fourth-order valence-corrected chi connectivity index (χ4v) is 3.14. The Kier molecular flexibility index (Phi) is 3.98. The fraction of sp³-hybridized carbons (Fsp3) is 0.412. The first kappa shape index (κ1) is 14.8. The molecule has 2 aromatic rings. The van der Waals surface area contributed by atoms with E-state index in [0.29, 0.717) is 24.8 Å². The quantitative estimate of drug-likeness (QED) is 0.855. The van der Waals surface area contributed by atoms with Gasteiger partial charge in [0.05, 0.1) is 23.8 Å². The number of aliphatic hydroxyl groups is 1. The predicted molar refractivity (Wildman–Crippen MR) is 81.1 cm³/mol. The molecule has 5 heteroatoms. The minimum atomic E-state index is -0.911. The fourth-order valence-electron chi connectivity index (χ4n) is 3.14. The summed E-state index contributed by atoms with van der Waals surface area (Å²) < 4.78 is 5.62. The second kappa shape index (κ2) is 5.93.